The standard InChI is InChI=1S/C18H31N3O4/c1-5-25-17-14-15(8-9-16(17)23-4)21-18(19-2)20-10-6-7-11-24-13-12-22-3/h8-9,14H,5-7,10-13H2,1-4H3,(H2,19,20,21). The maximum atomic E-state index is 5.59. The Labute approximate surface area is 150 Å². The third-order valence-electron chi connectivity index (χ3n) is 3.39. The average Bonchev–Trinajstić information content (AvgIpc) is 2.63. The van der Waals surface area contributed by atoms with Gasteiger partial charge in [0.1, 0.15) is 0 Å². The van der Waals surface area contributed by atoms with Gasteiger partial charge in [0.25, 0.3) is 0 Å². The molecular formula is C18H31N3O4. The van der Waals surface area contributed by atoms with Crippen molar-refractivity contribution in [3.05, 3.63) is 18.2 Å². The van der Waals surface area contributed by atoms with E-state index in [9.17, 15) is 0 Å². The molecule has 25 heavy (non-hydrogen) atoms. The number of benzene rings is 1. The van der Waals surface area contributed by atoms with Gasteiger partial charge in [-0.05, 0) is 31.9 Å². The van der Waals surface area contributed by atoms with Gasteiger partial charge in [0.15, 0.2) is 17.5 Å². The van der Waals surface area contributed by atoms with Crippen LogP contribution < -0.4 is 20.1 Å². The molecule has 0 radical (unpaired) electrons. The van der Waals surface area contributed by atoms with E-state index in [0.717, 1.165) is 31.7 Å². The zero-order valence-electron chi connectivity index (χ0n) is 15.8. The van der Waals surface area contributed by atoms with Gasteiger partial charge in [0.05, 0.1) is 26.9 Å². The maximum absolute atomic E-state index is 5.59. The highest BCUT2D eigenvalue weighted by Crippen LogP contribution is 2.30. The molecule has 7 nitrogen and oxygen atoms in total. The fourth-order valence-electron chi connectivity index (χ4n) is 2.12. The van der Waals surface area contributed by atoms with Crippen LogP contribution in [0.5, 0.6) is 11.5 Å². The van der Waals surface area contributed by atoms with E-state index in [0.29, 0.717) is 37.3 Å². The summed E-state index contributed by atoms with van der Waals surface area (Å²) in [5.74, 6) is 2.13. The lowest BCUT2D eigenvalue weighted by molar-refractivity contribution is 0.0689. The van der Waals surface area contributed by atoms with E-state index in [2.05, 4.69) is 15.6 Å². The maximum Gasteiger partial charge on any atom is 0.195 e. The molecule has 0 aliphatic rings. The molecule has 2 N–H and O–H groups in total. The molecule has 0 fully saturated rings. The normalized spacial score (nSPS) is 11.3. The van der Waals surface area contributed by atoms with E-state index < -0.39 is 0 Å². The van der Waals surface area contributed by atoms with Crippen molar-refractivity contribution in [3.8, 4) is 11.5 Å². The van der Waals surface area contributed by atoms with Gasteiger partial charge in [-0.25, -0.2) is 0 Å². The molecule has 0 aromatic heterocycles. The SMILES string of the molecule is CCOc1cc(NC(=NC)NCCCCOCCOC)ccc1OC. The van der Waals surface area contributed by atoms with Gasteiger partial charge >= 0.3 is 0 Å². The highest BCUT2D eigenvalue weighted by atomic mass is 16.5. The molecule has 0 unspecified atom stereocenters. The third-order valence-corrected chi connectivity index (χ3v) is 3.39. The molecule has 0 saturated heterocycles. The summed E-state index contributed by atoms with van der Waals surface area (Å²) in [6, 6.07) is 5.70. The molecule has 142 valence electrons. The van der Waals surface area contributed by atoms with Gasteiger partial charge in [0.2, 0.25) is 0 Å². The number of methoxy groups -OCH3 is 2. The second kappa shape index (κ2) is 13.3. The molecule has 0 spiro atoms. The van der Waals surface area contributed by atoms with Crippen LogP contribution in [0.2, 0.25) is 0 Å². The molecule has 0 bridgehead atoms. The summed E-state index contributed by atoms with van der Waals surface area (Å²) < 4.78 is 21.3. The third kappa shape index (κ3) is 8.60. The van der Waals surface area contributed by atoms with Crippen LogP contribution in [-0.4, -0.2) is 60.2 Å². The Bertz CT molecular complexity index is 509. The topological polar surface area (TPSA) is 73.3 Å². The summed E-state index contributed by atoms with van der Waals surface area (Å²) in [5.41, 5.74) is 0.889. The Balaban J connectivity index is 2.37. The van der Waals surface area contributed by atoms with Gasteiger partial charge in [-0.3, -0.25) is 4.99 Å². The number of ether oxygens (including phenoxy) is 4. The van der Waals surface area contributed by atoms with Crippen molar-refractivity contribution in [2.45, 2.75) is 19.8 Å². The van der Waals surface area contributed by atoms with Crippen LogP contribution in [0, 0.1) is 0 Å². The minimum atomic E-state index is 0.583. The number of guanidine groups is 1. The Morgan fingerprint density at radius 1 is 1.08 bits per heavy atom. The van der Waals surface area contributed by atoms with Crippen LogP contribution >= 0.6 is 0 Å². The van der Waals surface area contributed by atoms with Crippen LogP contribution in [0.25, 0.3) is 0 Å². The van der Waals surface area contributed by atoms with Crippen molar-refractivity contribution in [2.75, 3.05) is 59.6 Å². The highest BCUT2D eigenvalue weighted by molar-refractivity contribution is 5.93. The van der Waals surface area contributed by atoms with Crippen molar-refractivity contribution < 1.29 is 18.9 Å². The van der Waals surface area contributed by atoms with E-state index in [1.807, 2.05) is 25.1 Å². The smallest absolute Gasteiger partial charge is 0.195 e. The van der Waals surface area contributed by atoms with Crippen molar-refractivity contribution in [2.24, 2.45) is 4.99 Å². The van der Waals surface area contributed by atoms with Gasteiger partial charge in [0, 0.05) is 39.1 Å². The number of aliphatic imine (C=N–C) groups is 1. The number of hydrogen-bond acceptors (Lipinski definition) is 5. The predicted octanol–water partition coefficient (Wildman–Crippen LogP) is 2.52. The molecule has 1 aromatic rings. The van der Waals surface area contributed by atoms with E-state index in [1.54, 1.807) is 21.3 Å². The zero-order chi connectivity index (χ0) is 18.3. The average molecular weight is 353 g/mol. The van der Waals surface area contributed by atoms with Crippen LogP contribution in [0.3, 0.4) is 0 Å². The summed E-state index contributed by atoms with van der Waals surface area (Å²) >= 11 is 0. The second-order valence-corrected chi connectivity index (χ2v) is 5.23. The monoisotopic (exact) mass is 353 g/mol. The number of nitrogens with zero attached hydrogens (tertiary/aromatic N) is 1. The van der Waals surface area contributed by atoms with Gasteiger partial charge < -0.3 is 29.6 Å². The quantitative estimate of drug-likeness (QED) is 0.342. The molecule has 0 amide bonds. The van der Waals surface area contributed by atoms with E-state index in [4.69, 9.17) is 18.9 Å². The number of rotatable bonds is 12. The summed E-state index contributed by atoms with van der Waals surface area (Å²) in [4.78, 5) is 4.23. The molecule has 0 atom stereocenters. The van der Waals surface area contributed by atoms with Gasteiger partial charge in [-0.2, -0.15) is 0 Å². The lowest BCUT2D eigenvalue weighted by Gasteiger charge is -2.14. The molecular weight excluding hydrogens is 322 g/mol. The fraction of sp³-hybridized carbons (Fsp3) is 0.611. The second-order valence-electron chi connectivity index (χ2n) is 5.23. The van der Waals surface area contributed by atoms with Crippen LogP contribution in [0.1, 0.15) is 19.8 Å². The summed E-state index contributed by atoms with van der Waals surface area (Å²) in [6.07, 6.45) is 1.99. The molecule has 7 heteroatoms. The molecule has 1 rings (SSSR count). The first kappa shape index (κ1) is 21.1. The molecule has 0 aliphatic heterocycles. The van der Waals surface area contributed by atoms with E-state index in [1.165, 1.54) is 0 Å². The first-order chi connectivity index (χ1) is 12.2. The molecule has 1 aromatic carbocycles. The van der Waals surface area contributed by atoms with Crippen LogP contribution in [0.15, 0.2) is 23.2 Å². The van der Waals surface area contributed by atoms with Crippen LogP contribution in [0.4, 0.5) is 5.69 Å². The Morgan fingerprint density at radius 3 is 2.60 bits per heavy atom. The Morgan fingerprint density at radius 2 is 1.92 bits per heavy atom. The molecule has 0 aliphatic carbocycles. The minimum Gasteiger partial charge on any atom is -0.493 e. The molecule has 0 heterocycles. The highest BCUT2D eigenvalue weighted by Gasteiger charge is 2.06. The summed E-state index contributed by atoms with van der Waals surface area (Å²) in [5, 5.41) is 6.54. The fourth-order valence-corrected chi connectivity index (χ4v) is 2.12. The first-order valence-corrected chi connectivity index (χ1v) is 8.60. The summed E-state index contributed by atoms with van der Waals surface area (Å²) in [6.45, 7) is 5.38. The van der Waals surface area contributed by atoms with Gasteiger partial charge in [-0.1, -0.05) is 0 Å². The van der Waals surface area contributed by atoms with Crippen LogP contribution in [-0.2, 0) is 9.47 Å². The first-order valence-electron chi connectivity index (χ1n) is 8.60. The summed E-state index contributed by atoms with van der Waals surface area (Å²) in [7, 11) is 5.05. The minimum absolute atomic E-state index is 0.583. The zero-order valence-corrected chi connectivity index (χ0v) is 15.8. The predicted molar refractivity (Wildman–Crippen MR) is 101 cm³/mol. The lowest BCUT2D eigenvalue weighted by Crippen LogP contribution is -2.31. The molecule has 0 saturated carbocycles. The van der Waals surface area contributed by atoms with Crippen molar-refractivity contribution in [3.63, 3.8) is 0 Å². The number of nitrogens with one attached hydrogen (secondary N) is 2. The van der Waals surface area contributed by atoms with E-state index in [-0.39, 0.29) is 0 Å². The Kier molecular flexibility index (Phi) is 11.2. The van der Waals surface area contributed by atoms with E-state index >= 15 is 0 Å². The largest absolute Gasteiger partial charge is 0.493 e. The number of anilines is 1. The van der Waals surface area contributed by atoms with Gasteiger partial charge in [-0.15, -0.1) is 0 Å². The van der Waals surface area contributed by atoms with Crippen molar-refractivity contribution in [1.29, 1.82) is 0 Å². The number of hydrogen-bond donors (Lipinski definition) is 2. The number of unbranched alkanes of at least 4 members (excludes halogenated alkanes) is 1. The van der Waals surface area contributed by atoms with Crippen molar-refractivity contribution >= 4 is 11.6 Å². The lowest BCUT2D eigenvalue weighted by atomic mass is 10.2. The Hall–Kier alpha value is -1.99. The van der Waals surface area contributed by atoms with Crippen molar-refractivity contribution in [1.82, 2.24) is 5.32 Å².